The van der Waals surface area contributed by atoms with Crippen molar-refractivity contribution in [2.75, 3.05) is 0 Å². The lowest BCUT2D eigenvalue weighted by Gasteiger charge is -2.39. The highest BCUT2D eigenvalue weighted by molar-refractivity contribution is 6.02. The van der Waals surface area contributed by atoms with E-state index < -0.39 is 5.56 Å². The van der Waals surface area contributed by atoms with Crippen molar-refractivity contribution in [1.29, 1.82) is 0 Å². The Balaban J connectivity index is 1.77. The van der Waals surface area contributed by atoms with E-state index in [1.165, 1.54) is 23.9 Å². The average Bonchev–Trinajstić information content (AvgIpc) is 2.69. The predicted octanol–water partition coefficient (Wildman–Crippen LogP) is 4.43. The number of rotatable bonds is 3. The number of carbonyl (C=O) groups is 1. The van der Waals surface area contributed by atoms with Gasteiger partial charge in [0.1, 0.15) is 17.1 Å². The lowest BCUT2D eigenvalue weighted by atomic mass is 9.63. The highest BCUT2D eigenvalue weighted by Crippen LogP contribution is 2.44. The number of carbonyl (C=O) groups excluding carboxylic acids is 1. The number of benzene rings is 1. The number of pyridine rings is 1. The van der Waals surface area contributed by atoms with Crippen LogP contribution in [-0.2, 0) is 0 Å². The molecule has 150 valence electrons. The van der Waals surface area contributed by atoms with Crippen LogP contribution >= 0.6 is 0 Å². The molecule has 4 rings (SSSR count). The SMILES string of the molecule is CC1=CC[C@H]2[C@H](C(=O)c3c(O)c(-c4ccc(O)cc4)c[nH]c3=O)[C@H](C)C=C[C@@H]2C1. The lowest BCUT2D eigenvalue weighted by Crippen LogP contribution is -2.39. The minimum Gasteiger partial charge on any atom is -0.508 e. The molecule has 0 bridgehead atoms. The maximum Gasteiger partial charge on any atom is 0.262 e. The van der Waals surface area contributed by atoms with Gasteiger partial charge in [0.2, 0.25) is 0 Å². The number of aromatic nitrogens is 1. The summed E-state index contributed by atoms with van der Waals surface area (Å²) < 4.78 is 0. The Hall–Kier alpha value is -3.08. The monoisotopic (exact) mass is 391 g/mol. The Morgan fingerprint density at radius 3 is 2.59 bits per heavy atom. The molecule has 3 N–H and O–H groups in total. The molecule has 0 spiro atoms. The van der Waals surface area contributed by atoms with Crippen LogP contribution in [0, 0.1) is 23.7 Å². The van der Waals surface area contributed by atoms with Crippen LogP contribution in [0.25, 0.3) is 11.1 Å². The number of H-pyrrole nitrogens is 1. The molecular weight excluding hydrogens is 366 g/mol. The quantitative estimate of drug-likeness (QED) is 0.533. The number of phenolic OH excluding ortho intramolecular Hbond substituents is 1. The Morgan fingerprint density at radius 2 is 1.86 bits per heavy atom. The molecule has 2 aliphatic rings. The van der Waals surface area contributed by atoms with Crippen molar-refractivity contribution in [3.8, 4) is 22.6 Å². The fourth-order valence-corrected chi connectivity index (χ4v) is 4.78. The van der Waals surface area contributed by atoms with Crippen molar-refractivity contribution in [3.63, 3.8) is 0 Å². The lowest BCUT2D eigenvalue weighted by molar-refractivity contribution is 0.0773. The van der Waals surface area contributed by atoms with Crippen LogP contribution < -0.4 is 5.56 Å². The molecule has 0 amide bonds. The fraction of sp³-hybridized carbons (Fsp3) is 0.333. The molecule has 0 saturated carbocycles. The molecule has 0 unspecified atom stereocenters. The summed E-state index contributed by atoms with van der Waals surface area (Å²) >= 11 is 0. The van der Waals surface area contributed by atoms with Crippen molar-refractivity contribution >= 4 is 5.78 Å². The van der Waals surface area contributed by atoms with Gasteiger partial charge in [0.15, 0.2) is 5.78 Å². The Kier molecular flexibility index (Phi) is 4.91. The summed E-state index contributed by atoms with van der Waals surface area (Å²) in [6.07, 6.45) is 9.58. The summed E-state index contributed by atoms with van der Waals surface area (Å²) in [5.74, 6) is -0.449. The van der Waals surface area contributed by atoms with Crippen LogP contribution in [0.5, 0.6) is 11.5 Å². The van der Waals surface area contributed by atoms with Gasteiger partial charge in [-0.15, -0.1) is 0 Å². The zero-order valence-electron chi connectivity index (χ0n) is 16.6. The van der Waals surface area contributed by atoms with E-state index >= 15 is 0 Å². The molecule has 1 aromatic heterocycles. The number of fused-ring (bicyclic) bond motifs is 1. The summed E-state index contributed by atoms with van der Waals surface area (Å²) in [6.45, 7) is 4.10. The first-order chi connectivity index (χ1) is 13.9. The first-order valence-corrected chi connectivity index (χ1v) is 9.99. The Bertz CT molecular complexity index is 1060. The van der Waals surface area contributed by atoms with Gasteiger partial charge >= 0.3 is 0 Å². The summed E-state index contributed by atoms with van der Waals surface area (Å²) in [5, 5.41) is 20.4. The number of phenols is 1. The second-order valence-electron chi connectivity index (χ2n) is 8.25. The number of Topliss-reactive ketones (excluding diaryl/α,β-unsaturated/α-hetero) is 1. The minimum atomic E-state index is -0.573. The van der Waals surface area contributed by atoms with Crippen molar-refractivity contribution < 1.29 is 15.0 Å². The van der Waals surface area contributed by atoms with Crippen LogP contribution in [0.15, 0.2) is 59.1 Å². The molecular formula is C24H25NO4. The van der Waals surface area contributed by atoms with Gasteiger partial charge in [-0.1, -0.05) is 42.9 Å². The molecule has 29 heavy (non-hydrogen) atoms. The third kappa shape index (κ3) is 3.41. The average molecular weight is 391 g/mol. The van der Waals surface area contributed by atoms with Crippen molar-refractivity contribution in [2.45, 2.75) is 26.7 Å². The third-order valence-corrected chi connectivity index (χ3v) is 6.33. The highest BCUT2D eigenvalue weighted by Gasteiger charge is 2.41. The summed E-state index contributed by atoms with van der Waals surface area (Å²) in [7, 11) is 0. The van der Waals surface area contributed by atoms with Crippen LogP contribution in [0.1, 0.15) is 37.0 Å². The van der Waals surface area contributed by atoms with E-state index in [9.17, 15) is 19.8 Å². The van der Waals surface area contributed by atoms with Gasteiger partial charge in [-0.25, -0.2) is 0 Å². The molecule has 2 aliphatic carbocycles. The maximum absolute atomic E-state index is 13.6. The van der Waals surface area contributed by atoms with E-state index in [4.69, 9.17) is 0 Å². The largest absolute Gasteiger partial charge is 0.508 e. The molecule has 1 aromatic carbocycles. The molecule has 0 fully saturated rings. The molecule has 0 saturated heterocycles. The zero-order valence-corrected chi connectivity index (χ0v) is 16.6. The number of allylic oxidation sites excluding steroid dienone is 4. The van der Waals surface area contributed by atoms with Crippen molar-refractivity contribution in [2.24, 2.45) is 23.7 Å². The number of hydrogen-bond acceptors (Lipinski definition) is 4. The van der Waals surface area contributed by atoms with Crippen LogP contribution in [0.4, 0.5) is 0 Å². The second kappa shape index (κ2) is 7.39. The molecule has 5 nitrogen and oxygen atoms in total. The van der Waals surface area contributed by atoms with Crippen LogP contribution in [0.3, 0.4) is 0 Å². The molecule has 1 heterocycles. The van der Waals surface area contributed by atoms with Crippen molar-refractivity contribution in [1.82, 2.24) is 4.98 Å². The summed E-state index contributed by atoms with van der Waals surface area (Å²) in [5.41, 5.74) is 1.55. The van der Waals surface area contributed by atoms with E-state index in [0.29, 0.717) is 11.1 Å². The predicted molar refractivity (Wildman–Crippen MR) is 112 cm³/mol. The van der Waals surface area contributed by atoms with E-state index in [-0.39, 0.29) is 46.5 Å². The molecule has 5 heteroatoms. The number of nitrogens with one attached hydrogen (secondary N) is 1. The van der Waals surface area contributed by atoms with Crippen LogP contribution in [0.2, 0.25) is 0 Å². The molecule has 0 radical (unpaired) electrons. The molecule has 0 aliphatic heterocycles. The van der Waals surface area contributed by atoms with Gasteiger partial charge in [-0.3, -0.25) is 9.59 Å². The summed E-state index contributed by atoms with van der Waals surface area (Å²) in [6, 6.07) is 6.26. The first kappa shape index (κ1) is 19.2. The normalized spacial score (nSPS) is 25.9. The Labute approximate surface area is 169 Å². The van der Waals surface area contributed by atoms with Gasteiger partial charge in [0, 0.05) is 17.7 Å². The highest BCUT2D eigenvalue weighted by atomic mass is 16.3. The number of hydrogen-bond donors (Lipinski definition) is 3. The van der Waals surface area contributed by atoms with Gasteiger partial charge < -0.3 is 15.2 Å². The van der Waals surface area contributed by atoms with Gasteiger partial charge in [0.05, 0.1) is 0 Å². The minimum absolute atomic E-state index is 0.00770. The van der Waals surface area contributed by atoms with Crippen LogP contribution in [-0.4, -0.2) is 21.0 Å². The molecule has 2 aromatic rings. The fourth-order valence-electron chi connectivity index (χ4n) is 4.78. The topological polar surface area (TPSA) is 90.4 Å². The second-order valence-corrected chi connectivity index (χ2v) is 8.25. The number of aromatic hydroxyl groups is 2. The van der Waals surface area contributed by atoms with E-state index in [1.54, 1.807) is 12.1 Å². The summed E-state index contributed by atoms with van der Waals surface area (Å²) in [4.78, 5) is 28.7. The van der Waals surface area contributed by atoms with Gasteiger partial charge in [-0.05, 0) is 55.2 Å². The first-order valence-electron chi connectivity index (χ1n) is 9.99. The van der Waals surface area contributed by atoms with E-state index in [1.807, 2.05) is 6.92 Å². The molecule has 4 atom stereocenters. The van der Waals surface area contributed by atoms with Crippen molar-refractivity contribution in [3.05, 3.63) is 70.2 Å². The van der Waals surface area contributed by atoms with E-state index in [2.05, 4.69) is 30.1 Å². The Morgan fingerprint density at radius 1 is 1.14 bits per heavy atom. The number of aromatic amines is 1. The van der Waals surface area contributed by atoms with Gasteiger partial charge in [0.25, 0.3) is 5.56 Å². The third-order valence-electron chi connectivity index (χ3n) is 6.33. The van der Waals surface area contributed by atoms with Gasteiger partial charge in [-0.2, -0.15) is 0 Å². The smallest absolute Gasteiger partial charge is 0.262 e. The van der Waals surface area contributed by atoms with E-state index in [0.717, 1.165) is 12.8 Å². The standard InChI is InChI=1S/C24H25NO4/c1-13-3-10-18-16(11-13)5-4-14(2)20(18)23(28)21-22(27)19(12-25-24(21)29)15-6-8-17(26)9-7-15/h3-9,12,14,16,18,20,26H,10-11H2,1-2H3,(H2,25,27,29)/t14-,16-,18-,20-/m1/s1. The zero-order chi connectivity index (χ0) is 20.7. The maximum atomic E-state index is 13.6. The number of ketones is 1.